The number of aromatic nitrogens is 4. The average molecular weight is 386 g/mol. The Morgan fingerprint density at radius 2 is 1.85 bits per heavy atom. The third kappa shape index (κ3) is 4.83. The van der Waals surface area contributed by atoms with E-state index in [1.165, 1.54) is 4.68 Å². The summed E-state index contributed by atoms with van der Waals surface area (Å²) >= 11 is 6.09. The number of rotatable bonds is 5. The summed E-state index contributed by atoms with van der Waals surface area (Å²) in [4.78, 5) is 12.3. The van der Waals surface area contributed by atoms with Gasteiger partial charge in [0.1, 0.15) is 18.0 Å². The summed E-state index contributed by atoms with van der Waals surface area (Å²) in [5.74, 6) is 1.63. The van der Waals surface area contributed by atoms with Gasteiger partial charge in [-0.1, -0.05) is 44.5 Å². The van der Waals surface area contributed by atoms with E-state index in [0.29, 0.717) is 28.0 Å². The van der Waals surface area contributed by atoms with Crippen LogP contribution in [0.15, 0.2) is 48.5 Å². The molecule has 1 amide bonds. The van der Waals surface area contributed by atoms with E-state index < -0.39 is 0 Å². The number of anilines is 1. The van der Waals surface area contributed by atoms with Crippen LogP contribution in [0.2, 0.25) is 5.02 Å². The summed E-state index contributed by atoms with van der Waals surface area (Å²) in [6.07, 6.45) is 0. The lowest BCUT2D eigenvalue weighted by atomic mass is 9.96. The Labute approximate surface area is 162 Å². The predicted octanol–water partition coefficient (Wildman–Crippen LogP) is 4.06. The number of benzene rings is 2. The monoisotopic (exact) mass is 385 g/mol. The molecule has 0 bridgehead atoms. The molecule has 0 saturated carbocycles. The Kier molecular flexibility index (Phi) is 5.41. The molecule has 1 heterocycles. The molecule has 0 unspecified atom stereocenters. The number of tetrazole rings is 1. The molecule has 0 saturated heterocycles. The first-order chi connectivity index (χ1) is 12.8. The third-order valence-corrected chi connectivity index (χ3v) is 4.01. The highest BCUT2D eigenvalue weighted by Gasteiger charge is 2.23. The van der Waals surface area contributed by atoms with Gasteiger partial charge >= 0.3 is 0 Å². The molecule has 0 radical (unpaired) electrons. The zero-order chi connectivity index (χ0) is 19.4. The topological polar surface area (TPSA) is 81.9 Å². The zero-order valence-electron chi connectivity index (χ0n) is 15.3. The smallest absolute Gasteiger partial charge is 0.246 e. The number of nitrogens with one attached hydrogen (secondary N) is 1. The number of hydrogen-bond acceptors (Lipinski definition) is 5. The van der Waals surface area contributed by atoms with Crippen molar-refractivity contribution >= 4 is 23.2 Å². The van der Waals surface area contributed by atoms with E-state index in [2.05, 4.69) is 20.8 Å². The van der Waals surface area contributed by atoms with Crippen molar-refractivity contribution in [3.63, 3.8) is 0 Å². The lowest BCUT2D eigenvalue weighted by Gasteiger charge is -2.16. The molecule has 1 N–H and O–H groups in total. The van der Waals surface area contributed by atoms with Gasteiger partial charge in [0.05, 0.1) is 5.02 Å². The number of hydrogen-bond donors (Lipinski definition) is 1. The van der Waals surface area contributed by atoms with Crippen molar-refractivity contribution in [1.82, 2.24) is 20.2 Å². The normalized spacial score (nSPS) is 11.3. The molecule has 0 aliphatic heterocycles. The fourth-order valence-corrected chi connectivity index (χ4v) is 2.62. The van der Waals surface area contributed by atoms with Gasteiger partial charge in [-0.15, -0.1) is 5.10 Å². The first kappa shape index (κ1) is 18.8. The number of amides is 1. The van der Waals surface area contributed by atoms with Gasteiger partial charge in [-0.05, 0) is 46.8 Å². The molecule has 7 nitrogen and oxygen atoms in total. The van der Waals surface area contributed by atoms with E-state index >= 15 is 0 Å². The Morgan fingerprint density at radius 3 is 2.52 bits per heavy atom. The maximum Gasteiger partial charge on any atom is 0.246 e. The second-order valence-electron chi connectivity index (χ2n) is 7.02. The van der Waals surface area contributed by atoms with Gasteiger partial charge in [-0.2, -0.15) is 0 Å². The van der Waals surface area contributed by atoms with Gasteiger partial charge in [-0.25, -0.2) is 4.68 Å². The molecule has 140 valence electrons. The third-order valence-electron chi connectivity index (χ3n) is 3.70. The Bertz CT molecular complexity index is 932. The van der Waals surface area contributed by atoms with E-state index in [1.807, 2.05) is 32.9 Å². The molecule has 0 aliphatic carbocycles. The largest absolute Gasteiger partial charge is 0.456 e. The molecule has 3 aromatic rings. The quantitative estimate of drug-likeness (QED) is 0.716. The van der Waals surface area contributed by atoms with Crippen LogP contribution in [0, 0.1) is 0 Å². The fourth-order valence-electron chi connectivity index (χ4n) is 2.45. The van der Waals surface area contributed by atoms with Crippen LogP contribution < -0.4 is 10.1 Å². The molecule has 1 aromatic heterocycles. The summed E-state index contributed by atoms with van der Waals surface area (Å²) in [6, 6.07) is 14.3. The van der Waals surface area contributed by atoms with Crippen molar-refractivity contribution in [2.24, 2.45) is 0 Å². The number of ether oxygens (including phenoxy) is 1. The van der Waals surface area contributed by atoms with Crippen LogP contribution in [0.25, 0.3) is 0 Å². The first-order valence-corrected chi connectivity index (χ1v) is 8.80. The van der Waals surface area contributed by atoms with Crippen LogP contribution in [0.3, 0.4) is 0 Å². The molecule has 3 rings (SSSR count). The molecule has 0 aliphatic rings. The Balaban J connectivity index is 1.62. The predicted molar refractivity (Wildman–Crippen MR) is 103 cm³/mol. The van der Waals surface area contributed by atoms with Crippen molar-refractivity contribution in [2.45, 2.75) is 32.7 Å². The maximum absolute atomic E-state index is 12.3. The minimum Gasteiger partial charge on any atom is -0.456 e. The van der Waals surface area contributed by atoms with Crippen molar-refractivity contribution in [3.05, 3.63) is 59.4 Å². The Morgan fingerprint density at radius 1 is 1.15 bits per heavy atom. The minimum absolute atomic E-state index is 0.0392. The van der Waals surface area contributed by atoms with E-state index in [4.69, 9.17) is 16.3 Å². The summed E-state index contributed by atoms with van der Waals surface area (Å²) in [5.41, 5.74) is 0.401. The van der Waals surface area contributed by atoms with Gasteiger partial charge in [0.25, 0.3) is 0 Å². The molecule has 2 aromatic carbocycles. The van der Waals surface area contributed by atoms with Gasteiger partial charge in [0, 0.05) is 11.1 Å². The molecular weight excluding hydrogens is 366 g/mol. The van der Waals surface area contributed by atoms with Gasteiger partial charge in [0.15, 0.2) is 5.82 Å². The maximum atomic E-state index is 12.3. The number of halogens is 1. The van der Waals surface area contributed by atoms with E-state index in [-0.39, 0.29) is 17.9 Å². The average Bonchev–Trinajstić information content (AvgIpc) is 3.07. The lowest BCUT2D eigenvalue weighted by molar-refractivity contribution is -0.117. The number of carbonyl (C=O) groups excluding carboxylic acids is 1. The molecule has 8 heteroatoms. The van der Waals surface area contributed by atoms with Crippen LogP contribution in [0.4, 0.5) is 5.69 Å². The van der Waals surface area contributed by atoms with Crippen molar-refractivity contribution in [1.29, 1.82) is 0 Å². The van der Waals surface area contributed by atoms with Gasteiger partial charge < -0.3 is 10.1 Å². The highest BCUT2D eigenvalue weighted by atomic mass is 35.5. The van der Waals surface area contributed by atoms with Crippen LogP contribution in [-0.4, -0.2) is 26.1 Å². The summed E-state index contributed by atoms with van der Waals surface area (Å²) in [5, 5.41) is 14.9. The molecule has 0 spiro atoms. The Hall–Kier alpha value is -2.93. The van der Waals surface area contributed by atoms with Crippen molar-refractivity contribution in [3.8, 4) is 11.5 Å². The van der Waals surface area contributed by atoms with Crippen molar-refractivity contribution < 1.29 is 9.53 Å². The molecule has 27 heavy (non-hydrogen) atoms. The lowest BCUT2D eigenvalue weighted by Crippen LogP contribution is -2.25. The number of carbonyl (C=O) groups is 1. The first-order valence-electron chi connectivity index (χ1n) is 8.42. The van der Waals surface area contributed by atoms with Crippen LogP contribution in [0.1, 0.15) is 26.6 Å². The van der Waals surface area contributed by atoms with E-state index in [9.17, 15) is 4.79 Å². The molecular formula is C19H20ClN5O2. The highest BCUT2D eigenvalue weighted by Crippen LogP contribution is 2.29. The minimum atomic E-state index is -0.249. The van der Waals surface area contributed by atoms with E-state index in [1.54, 1.807) is 36.4 Å². The second kappa shape index (κ2) is 7.75. The fraction of sp³-hybridized carbons (Fsp3) is 0.263. The van der Waals surface area contributed by atoms with Crippen LogP contribution in [-0.2, 0) is 16.8 Å². The molecule has 0 fully saturated rings. The van der Waals surface area contributed by atoms with Gasteiger partial charge in [-0.3, -0.25) is 4.79 Å². The van der Waals surface area contributed by atoms with Crippen LogP contribution >= 0.6 is 11.6 Å². The summed E-state index contributed by atoms with van der Waals surface area (Å²) < 4.78 is 7.24. The SMILES string of the molecule is CC(C)(C)c1nnnn1CC(=O)Nc1ccc(Oc2ccccc2Cl)cc1. The standard InChI is InChI=1S/C19H20ClN5O2/c1-19(2,3)18-22-23-24-25(18)12-17(26)21-13-8-10-14(11-9-13)27-16-7-5-4-6-15(16)20/h4-11H,12H2,1-3H3,(H,21,26). The van der Waals surface area contributed by atoms with Crippen LogP contribution in [0.5, 0.6) is 11.5 Å². The van der Waals surface area contributed by atoms with Gasteiger partial charge in [0.2, 0.25) is 5.91 Å². The van der Waals surface area contributed by atoms with Crippen molar-refractivity contribution in [2.75, 3.05) is 5.32 Å². The summed E-state index contributed by atoms with van der Waals surface area (Å²) in [6.45, 7) is 6.01. The zero-order valence-corrected chi connectivity index (χ0v) is 16.1. The highest BCUT2D eigenvalue weighted by molar-refractivity contribution is 6.32. The van der Waals surface area contributed by atoms with E-state index in [0.717, 1.165) is 0 Å². The number of para-hydroxylation sites is 1. The number of nitrogens with zero attached hydrogens (tertiary/aromatic N) is 4. The second-order valence-corrected chi connectivity index (χ2v) is 7.42. The summed E-state index contributed by atoms with van der Waals surface area (Å²) in [7, 11) is 0. The molecule has 0 atom stereocenters.